The van der Waals surface area contributed by atoms with Crippen LogP contribution in [0.3, 0.4) is 0 Å². The molecular formula is C25H18Cl2O3. The zero-order chi connectivity index (χ0) is 20.9. The lowest BCUT2D eigenvalue weighted by Gasteiger charge is -2.18. The van der Waals surface area contributed by atoms with Crippen molar-refractivity contribution < 1.29 is 14.3 Å². The third kappa shape index (κ3) is 3.19. The van der Waals surface area contributed by atoms with Crippen LogP contribution in [0.1, 0.15) is 6.42 Å². The Balaban J connectivity index is 1.78. The molecule has 0 heterocycles. The van der Waals surface area contributed by atoms with Gasteiger partial charge in [0, 0.05) is 11.1 Å². The molecule has 0 saturated heterocycles. The van der Waals surface area contributed by atoms with E-state index in [1.807, 2.05) is 66.7 Å². The van der Waals surface area contributed by atoms with E-state index in [0.717, 1.165) is 32.7 Å². The molecule has 1 saturated carbocycles. The van der Waals surface area contributed by atoms with Crippen LogP contribution < -0.4 is 9.47 Å². The third-order valence-electron chi connectivity index (χ3n) is 5.57. The van der Waals surface area contributed by atoms with Crippen molar-refractivity contribution >= 4 is 50.7 Å². The van der Waals surface area contributed by atoms with Gasteiger partial charge in [0.15, 0.2) is 0 Å². The molecule has 3 nitrogen and oxygen atoms in total. The second-order valence-electron chi connectivity index (χ2n) is 7.46. The maximum atomic E-state index is 12.7. The Hall–Kier alpha value is -2.75. The van der Waals surface area contributed by atoms with Crippen LogP contribution in [0.5, 0.6) is 11.5 Å². The van der Waals surface area contributed by atoms with E-state index >= 15 is 0 Å². The van der Waals surface area contributed by atoms with Crippen molar-refractivity contribution in [2.24, 2.45) is 5.92 Å². The average Bonchev–Trinajstić information content (AvgIpc) is 3.41. The first-order valence-electron chi connectivity index (χ1n) is 9.67. The van der Waals surface area contributed by atoms with Crippen LogP contribution in [0, 0.1) is 5.92 Å². The summed E-state index contributed by atoms with van der Waals surface area (Å²) < 4.78 is 10.5. The van der Waals surface area contributed by atoms with E-state index in [9.17, 15) is 4.79 Å². The fraction of sp³-hybridized carbons (Fsp3) is 0.160. The highest BCUT2D eigenvalue weighted by Gasteiger charge is 2.57. The number of rotatable bonds is 4. The Kier molecular flexibility index (Phi) is 4.61. The maximum Gasteiger partial charge on any atom is 0.317 e. The lowest BCUT2D eigenvalue weighted by molar-refractivity contribution is -0.135. The molecule has 0 aliphatic heterocycles. The summed E-state index contributed by atoms with van der Waals surface area (Å²) in [6, 6.07) is 23.8. The van der Waals surface area contributed by atoms with Crippen LogP contribution in [-0.2, 0) is 4.79 Å². The van der Waals surface area contributed by atoms with E-state index in [-0.39, 0.29) is 0 Å². The molecule has 5 rings (SSSR count). The van der Waals surface area contributed by atoms with Crippen LogP contribution in [0.25, 0.3) is 32.7 Å². The molecule has 1 fully saturated rings. The summed E-state index contributed by atoms with van der Waals surface area (Å²) >= 11 is 12.2. The largest absolute Gasteiger partial charge is 0.496 e. The van der Waals surface area contributed by atoms with Gasteiger partial charge in [-0.3, -0.25) is 4.79 Å². The average molecular weight is 437 g/mol. The SMILES string of the molecule is COc1ccc2ccccc2c1-c1c(OC(=O)[C@H]2CC2(Cl)Cl)ccc2ccccc12. The van der Waals surface area contributed by atoms with Gasteiger partial charge in [-0.05, 0) is 40.1 Å². The zero-order valence-corrected chi connectivity index (χ0v) is 17.7. The Labute approximate surface area is 184 Å². The molecule has 0 amide bonds. The van der Waals surface area contributed by atoms with Crippen LogP contribution in [0.2, 0.25) is 0 Å². The fourth-order valence-corrected chi connectivity index (χ4v) is 4.41. The minimum Gasteiger partial charge on any atom is -0.496 e. The Morgan fingerprint density at radius 3 is 1.87 bits per heavy atom. The molecule has 4 aromatic carbocycles. The quantitative estimate of drug-likeness (QED) is 0.201. The van der Waals surface area contributed by atoms with Crippen LogP contribution >= 0.6 is 23.2 Å². The fourth-order valence-electron chi connectivity index (χ4n) is 3.92. The monoisotopic (exact) mass is 436 g/mol. The first-order valence-corrected chi connectivity index (χ1v) is 10.4. The minimum absolute atomic E-state index is 0.398. The standard InChI is InChI=1S/C25H18Cl2O3/c1-29-20-12-10-15-6-2-4-8-17(15)22(20)23-18-9-5-3-7-16(18)11-13-21(23)30-24(28)19-14-25(19,26)27/h2-13,19H,14H2,1H3/t19-/m1/s1. The highest BCUT2D eigenvalue weighted by Crippen LogP contribution is 2.54. The number of carbonyl (C=O) groups excluding carboxylic acids is 1. The van der Waals surface area contributed by atoms with Gasteiger partial charge in [-0.25, -0.2) is 0 Å². The molecule has 1 aliphatic carbocycles. The molecule has 4 aromatic rings. The highest BCUT2D eigenvalue weighted by atomic mass is 35.5. The number of alkyl halides is 2. The zero-order valence-electron chi connectivity index (χ0n) is 16.2. The van der Waals surface area contributed by atoms with E-state index in [4.69, 9.17) is 32.7 Å². The molecule has 0 radical (unpaired) electrons. The van der Waals surface area contributed by atoms with Crippen LogP contribution in [0.4, 0.5) is 0 Å². The maximum absolute atomic E-state index is 12.7. The Morgan fingerprint density at radius 1 is 0.833 bits per heavy atom. The van der Waals surface area contributed by atoms with Crippen molar-refractivity contribution in [1.82, 2.24) is 0 Å². The van der Waals surface area contributed by atoms with E-state index in [0.29, 0.717) is 17.9 Å². The predicted octanol–water partition coefficient (Wildman–Crippen LogP) is 6.77. The lowest BCUT2D eigenvalue weighted by atomic mass is 9.92. The summed E-state index contributed by atoms with van der Waals surface area (Å²) in [4.78, 5) is 12.7. The first kappa shape index (κ1) is 19.2. The Morgan fingerprint density at radius 2 is 1.33 bits per heavy atom. The van der Waals surface area contributed by atoms with Gasteiger partial charge in [-0.2, -0.15) is 0 Å². The van der Waals surface area contributed by atoms with E-state index in [1.54, 1.807) is 7.11 Å². The summed E-state index contributed by atoms with van der Waals surface area (Å²) in [5.41, 5.74) is 1.69. The third-order valence-corrected chi connectivity index (χ3v) is 6.41. The van der Waals surface area contributed by atoms with Crippen molar-refractivity contribution in [2.45, 2.75) is 10.8 Å². The number of hydrogen-bond donors (Lipinski definition) is 0. The second kappa shape index (κ2) is 7.19. The van der Waals surface area contributed by atoms with Crippen molar-refractivity contribution in [3.05, 3.63) is 72.8 Å². The van der Waals surface area contributed by atoms with Crippen molar-refractivity contribution in [3.8, 4) is 22.6 Å². The van der Waals surface area contributed by atoms with Gasteiger partial charge in [0.2, 0.25) is 0 Å². The van der Waals surface area contributed by atoms with Gasteiger partial charge in [0.25, 0.3) is 0 Å². The second-order valence-corrected chi connectivity index (χ2v) is 9.01. The lowest BCUT2D eigenvalue weighted by Crippen LogP contribution is -2.14. The molecular weight excluding hydrogens is 419 g/mol. The summed E-state index contributed by atoms with van der Waals surface area (Å²) in [6.07, 6.45) is 0.398. The summed E-state index contributed by atoms with van der Waals surface area (Å²) in [7, 11) is 1.64. The molecule has 0 N–H and O–H groups in total. The number of benzene rings is 4. The number of carbonyl (C=O) groups is 1. The van der Waals surface area contributed by atoms with Gasteiger partial charge >= 0.3 is 5.97 Å². The van der Waals surface area contributed by atoms with Gasteiger partial charge in [0.1, 0.15) is 15.8 Å². The Bertz CT molecular complexity index is 1300. The van der Waals surface area contributed by atoms with Gasteiger partial charge in [-0.1, -0.05) is 60.7 Å². The smallest absolute Gasteiger partial charge is 0.317 e. The normalized spacial score (nSPS) is 17.1. The topological polar surface area (TPSA) is 35.5 Å². The summed E-state index contributed by atoms with van der Waals surface area (Å²) in [5.74, 6) is 0.229. The molecule has 1 aliphatic rings. The van der Waals surface area contributed by atoms with Crippen molar-refractivity contribution in [3.63, 3.8) is 0 Å². The van der Waals surface area contributed by atoms with Crippen molar-refractivity contribution in [1.29, 1.82) is 0 Å². The summed E-state index contributed by atoms with van der Waals surface area (Å²) in [5, 5.41) is 4.09. The van der Waals surface area contributed by atoms with E-state index < -0.39 is 16.2 Å². The van der Waals surface area contributed by atoms with E-state index in [2.05, 4.69) is 6.07 Å². The first-order chi connectivity index (χ1) is 14.5. The minimum atomic E-state index is -1.04. The molecule has 0 unspecified atom stereocenters. The molecule has 0 bridgehead atoms. The number of halogens is 2. The predicted molar refractivity (Wildman–Crippen MR) is 122 cm³/mol. The highest BCUT2D eigenvalue weighted by molar-refractivity contribution is 6.52. The molecule has 0 aromatic heterocycles. The number of ether oxygens (including phenoxy) is 2. The number of methoxy groups -OCH3 is 1. The van der Waals surface area contributed by atoms with E-state index in [1.165, 1.54) is 0 Å². The number of esters is 1. The molecule has 30 heavy (non-hydrogen) atoms. The van der Waals surface area contributed by atoms with Gasteiger partial charge in [-0.15, -0.1) is 23.2 Å². The van der Waals surface area contributed by atoms with Crippen LogP contribution in [-0.4, -0.2) is 17.4 Å². The number of hydrogen-bond acceptors (Lipinski definition) is 3. The van der Waals surface area contributed by atoms with Gasteiger partial charge < -0.3 is 9.47 Å². The van der Waals surface area contributed by atoms with Crippen molar-refractivity contribution in [2.75, 3.05) is 7.11 Å². The molecule has 1 atom stereocenters. The van der Waals surface area contributed by atoms with Gasteiger partial charge in [0.05, 0.1) is 13.0 Å². The molecule has 5 heteroatoms. The molecule has 0 spiro atoms. The summed E-state index contributed by atoms with van der Waals surface area (Å²) in [6.45, 7) is 0. The molecule has 150 valence electrons. The van der Waals surface area contributed by atoms with Crippen LogP contribution in [0.15, 0.2) is 72.8 Å². The number of fused-ring (bicyclic) bond motifs is 2.